The van der Waals surface area contributed by atoms with E-state index in [1.807, 2.05) is 40.0 Å². The number of aryl methyl sites for hydroxylation is 1. The molecular formula is C24H33N3O. The van der Waals surface area contributed by atoms with E-state index >= 15 is 0 Å². The Balaban J connectivity index is 1.72. The maximum absolute atomic E-state index is 12.5. The minimum absolute atomic E-state index is 0.120. The topological polar surface area (TPSA) is 44.4 Å². The molecule has 150 valence electrons. The number of benzene rings is 2. The van der Waals surface area contributed by atoms with Gasteiger partial charge in [-0.3, -0.25) is 4.79 Å². The molecule has 28 heavy (non-hydrogen) atoms. The van der Waals surface area contributed by atoms with Gasteiger partial charge in [0, 0.05) is 30.4 Å². The molecule has 1 aliphatic rings. The smallest absolute Gasteiger partial charge is 0.232 e. The summed E-state index contributed by atoms with van der Waals surface area (Å²) in [6.07, 6.45) is 2.16. The molecule has 0 atom stereocenters. The quantitative estimate of drug-likeness (QED) is 0.832. The number of hydrogen-bond acceptors (Lipinski definition) is 3. The van der Waals surface area contributed by atoms with Crippen LogP contribution >= 0.6 is 0 Å². The van der Waals surface area contributed by atoms with Crippen molar-refractivity contribution in [2.45, 2.75) is 47.1 Å². The zero-order valence-electron chi connectivity index (χ0n) is 17.9. The molecule has 0 bridgehead atoms. The van der Waals surface area contributed by atoms with E-state index in [1.54, 1.807) is 4.90 Å². The first-order valence-electron chi connectivity index (χ1n) is 10.2. The lowest BCUT2D eigenvalue weighted by atomic mass is 9.94. The van der Waals surface area contributed by atoms with E-state index in [2.05, 4.69) is 41.8 Å². The average Bonchev–Trinajstić information content (AvgIpc) is 2.91. The van der Waals surface area contributed by atoms with Crippen molar-refractivity contribution in [1.29, 1.82) is 0 Å². The third-order valence-corrected chi connectivity index (χ3v) is 5.48. The van der Waals surface area contributed by atoms with Crippen LogP contribution in [-0.2, 0) is 24.2 Å². The zero-order valence-corrected chi connectivity index (χ0v) is 17.9. The number of rotatable bonds is 4. The van der Waals surface area contributed by atoms with Crippen molar-refractivity contribution in [2.75, 3.05) is 30.4 Å². The van der Waals surface area contributed by atoms with Gasteiger partial charge in [-0.05, 0) is 67.2 Å². The summed E-state index contributed by atoms with van der Waals surface area (Å²) in [7, 11) is 1.84. The second kappa shape index (κ2) is 8.36. The van der Waals surface area contributed by atoms with Crippen molar-refractivity contribution in [3.8, 4) is 0 Å². The molecule has 0 saturated carbocycles. The predicted octanol–water partition coefficient (Wildman–Crippen LogP) is 4.30. The summed E-state index contributed by atoms with van der Waals surface area (Å²) in [6, 6.07) is 12.8. The first-order chi connectivity index (χ1) is 13.3. The van der Waals surface area contributed by atoms with E-state index < -0.39 is 0 Å². The van der Waals surface area contributed by atoms with Gasteiger partial charge >= 0.3 is 0 Å². The summed E-state index contributed by atoms with van der Waals surface area (Å²) in [5.74, 6) is 0.120. The summed E-state index contributed by atoms with van der Waals surface area (Å²) in [4.78, 5) is 14.2. The monoisotopic (exact) mass is 379 g/mol. The normalized spacial score (nSPS) is 14.2. The number of amides is 1. The average molecular weight is 380 g/mol. The molecule has 0 unspecified atom stereocenters. The Morgan fingerprint density at radius 2 is 1.75 bits per heavy atom. The number of nitrogens with one attached hydrogen (secondary N) is 2. The molecule has 0 aliphatic carbocycles. The molecule has 1 amide bonds. The lowest BCUT2D eigenvalue weighted by Gasteiger charge is -2.26. The van der Waals surface area contributed by atoms with Crippen LogP contribution in [0.15, 0.2) is 36.4 Å². The SMILES string of the molecule is Cc1ccc2c(c1NCc1ccc(N(C)C(=O)C(C)(C)C)cc1)CCNCC2. The Kier molecular flexibility index (Phi) is 6.09. The van der Waals surface area contributed by atoms with Crippen molar-refractivity contribution < 1.29 is 4.79 Å². The third-order valence-electron chi connectivity index (χ3n) is 5.48. The Morgan fingerprint density at radius 3 is 2.43 bits per heavy atom. The summed E-state index contributed by atoms with van der Waals surface area (Å²) in [5, 5.41) is 7.16. The van der Waals surface area contributed by atoms with Gasteiger partial charge in [0.25, 0.3) is 0 Å². The number of carbonyl (C=O) groups is 1. The zero-order chi connectivity index (χ0) is 20.3. The van der Waals surface area contributed by atoms with E-state index in [1.165, 1.54) is 27.9 Å². The lowest BCUT2D eigenvalue weighted by molar-refractivity contribution is -0.125. The van der Waals surface area contributed by atoms with Crippen molar-refractivity contribution in [1.82, 2.24) is 5.32 Å². The highest BCUT2D eigenvalue weighted by atomic mass is 16.2. The molecule has 0 saturated heterocycles. The highest BCUT2D eigenvalue weighted by Gasteiger charge is 2.25. The third kappa shape index (κ3) is 4.56. The molecule has 4 heteroatoms. The van der Waals surface area contributed by atoms with Gasteiger partial charge in [0.2, 0.25) is 5.91 Å². The molecule has 1 aliphatic heterocycles. The fourth-order valence-electron chi connectivity index (χ4n) is 3.78. The Labute approximate surface area is 169 Å². The second-order valence-electron chi connectivity index (χ2n) is 8.78. The van der Waals surface area contributed by atoms with E-state index in [0.717, 1.165) is 38.2 Å². The molecule has 2 N–H and O–H groups in total. The maximum atomic E-state index is 12.5. The molecular weight excluding hydrogens is 346 g/mol. The molecule has 0 spiro atoms. The molecule has 2 aromatic carbocycles. The fraction of sp³-hybridized carbons (Fsp3) is 0.458. The van der Waals surface area contributed by atoms with E-state index in [9.17, 15) is 4.79 Å². The standard InChI is InChI=1S/C24H33N3O/c1-17-6-9-19-12-14-25-15-13-21(19)22(17)26-16-18-7-10-20(11-8-18)27(5)23(28)24(2,3)4/h6-11,25-26H,12-16H2,1-5H3. The molecule has 0 fully saturated rings. The van der Waals surface area contributed by atoms with Crippen molar-refractivity contribution in [3.63, 3.8) is 0 Å². The summed E-state index contributed by atoms with van der Waals surface area (Å²) >= 11 is 0. The Hall–Kier alpha value is -2.33. The molecule has 3 rings (SSSR count). The van der Waals surface area contributed by atoms with Gasteiger partial charge in [0.15, 0.2) is 0 Å². The van der Waals surface area contributed by atoms with E-state index in [0.29, 0.717) is 0 Å². The van der Waals surface area contributed by atoms with E-state index in [4.69, 9.17) is 0 Å². The number of carbonyl (C=O) groups excluding carboxylic acids is 1. The van der Waals surface area contributed by atoms with Crippen LogP contribution in [0.5, 0.6) is 0 Å². The second-order valence-corrected chi connectivity index (χ2v) is 8.78. The van der Waals surface area contributed by atoms with Crippen LogP contribution < -0.4 is 15.5 Å². The number of anilines is 2. The number of fused-ring (bicyclic) bond motifs is 1. The summed E-state index contributed by atoms with van der Waals surface area (Å²) in [6.45, 7) is 10.9. The Bertz CT molecular complexity index is 834. The molecule has 1 heterocycles. The first-order valence-corrected chi connectivity index (χ1v) is 10.2. The molecule has 0 aromatic heterocycles. The van der Waals surface area contributed by atoms with Crippen molar-refractivity contribution in [2.24, 2.45) is 5.41 Å². The highest BCUT2D eigenvalue weighted by molar-refractivity contribution is 5.96. The van der Waals surface area contributed by atoms with Crippen LogP contribution in [-0.4, -0.2) is 26.0 Å². The highest BCUT2D eigenvalue weighted by Crippen LogP contribution is 2.28. The number of hydrogen-bond donors (Lipinski definition) is 2. The lowest BCUT2D eigenvalue weighted by Crippen LogP contribution is -2.36. The molecule has 4 nitrogen and oxygen atoms in total. The summed E-state index contributed by atoms with van der Waals surface area (Å²) in [5.41, 5.74) is 7.25. The van der Waals surface area contributed by atoms with E-state index in [-0.39, 0.29) is 11.3 Å². The van der Waals surface area contributed by atoms with Crippen molar-refractivity contribution >= 4 is 17.3 Å². The molecule has 2 aromatic rings. The summed E-state index contributed by atoms with van der Waals surface area (Å²) < 4.78 is 0. The number of nitrogens with zero attached hydrogens (tertiary/aromatic N) is 1. The maximum Gasteiger partial charge on any atom is 0.232 e. The van der Waals surface area contributed by atoms with Crippen LogP contribution in [0, 0.1) is 12.3 Å². The largest absolute Gasteiger partial charge is 0.381 e. The van der Waals surface area contributed by atoms with Crippen LogP contribution in [0.2, 0.25) is 0 Å². The fourth-order valence-corrected chi connectivity index (χ4v) is 3.78. The van der Waals surface area contributed by atoms with Crippen LogP contribution in [0.25, 0.3) is 0 Å². The van der Waals surface area contributed by atoms with Gasteiger partial charge < -0.3 is 15.5 Å². The predicted molar refractivity (Wildman–Crippen MR) is 118 cm³/mol. The van der Waals surface area contributed by atoms with Gasteiger partial charge in [0.1, 0.15) is 0 Å². The Morgan fingerprint density at radius 1 is 1.07 bits per heavy atom. The molecule has 0 radical (unpaired) electrons. The minimum atomic E-state index is -0.382. The van der Waals surface area contributed by atoms with Gasteiger partial charge in [-0.25, -0.2) is 0 Å². The van der Waals surface area contributed by atoms with Crippen LogP contribution in [0.4, 0.5) is 11.4 Å². The van der Waals surface area contributed by atoms with Gasteiger partial charge in [-0.2, -0.15) is 0 Å². The first kappa shape index (κ1) is 20.4. The van der Waals surface area contributed by atoms with Gasteiger partial charge in [-0.15, -0.1) is 0 Å². The van der Waals surface area contributed by atoms with Gasteiger partial charge in [0.05, 0.1) is 0 Å². The van der Waals surface area contributed by atoms with Crippen LogP contribution in [0.1, 0.15) is 43.0 Å². The van der Waals surface area contributed by atoms with Gasteiger partial charge in [-0.1, -0.05) is 45.0 Å². The minimum Gasteiger partial charge on any atom is -0.381 e. The van der Waals surface area contributed by atoms with Crippen LogP contribution in [0.3, 0.4) is 0 Å². The van der Waals surface area contributed by atoms with Crippen molar-refractivity contribution in [3.05, 3.63) is 58.7 Å².